The van der Waals surface area contributed by atoms with Crippen LogP contribution in [0.15, 0.2) is 12.7 Å². The number of hydrogen-bond donors (Lipinski definition) is 1. The van der Waals surface area contributed by atoms with E-state index in [-0.39, 0.29) is 5.92 Å². The first-order chi connectivity index (χ1) is 7.07. The lowest BCUT2D eigenvalue weighted by atomic mass is 9.91. The van der Waals surface area contributed by atoms with Crippen LogP contribution in [0.2, 0.25) is 0 Å². The van der Waals surface area contributed by atoms with E-state index >= 15 is 0 Å². The van der Waals surface area contributed by atoms with E-state index in [2.05, 4.69) is 6.58 Å². The molecular weight excluding hydrogens is 188 g/mol. The zero-order valence-electron chi connectivity index (χ0n) is 9.42. The van der Waals surface area contributed by atoms with Crippen LogP contribution in [0.1, 0.15) is 28.2 Å². The van der Waals surface area contributed by atoms with Crippen LogP contribution in [0.5, 0.6) is 11.5 Å². The van der Waals surface area contributed by atoms with Crippen LogP contribution in [0, 0.1) is 20.8 Å². The summed E-state index contributed by atoms with van der Waals surface area (Å²) >= 11 is 0. The number of phenolic OH excluding ortho intramolecular Hbond substituents is 1. The molecule has 1 aliphatic heterocycles. The lowest BCUT2D eigenvalue weighted by Gasteiger charge is -2.14. The molecule has 1 N–H and O–H groups in total. The third-order valence-corrected chi connectivity index (χ3v) is 3.32. The van der Waals surface area contributed by atoms with Gasteiger partial charge in [-0.05, 0) is 37.5 Å². The number of fused-ring (bicyclic) bond motifs is 1. The van der Waals surface area contributed by atoms with Gasteiger partial charge < -0.3 is 9.84 Å². The summed E-state index contributed by atoms with van der Waals surface area (Å²) in [5.41, 5.74) is 3.98. The molecule has 1 aromatic rings. The second kappa shape index (κ2) is 3.30. The lowest BCUT2D eigenvalue weighted by Crippen LogP contribution is -1.97. The minimum atomic E-state index is 0.213. The lowest BCUT2D eigenvalue weighted by molar-refractivity contribution is 0.343. The van der Waals surface area contributed by atoms with Gasteiger partial charge in [-0.15, -0.1) is 6.58 Å². The van der Waals surface area contributed by atoms with E-state index in [4.69, 9.17) is 4.74 Å². The summed E-state index contributed by atoms with van der Waals surface area (Å²) < 4.78 is 5.67. The van der Waals surface area contributed by atoms with Crippen molar-refractivity contribution >= 4 is 0 Å². The number of phenols is 1. The summed E-state index contributed by atoms with van der Waals surface area (Å²) in [7, 11) is 0. The standard InChI is InChI=1S/C13H16O2/c1-5-10-6-15-13-8(3)7(2)12(14)9(4)11(10)13/h5,10,14H,1,6H2,2-4H3. The van der Waals surface area contributed by atoms with Crippen molar-refractivity contribution in [1.29, 1.82) is 0 Å². The van der Waals surface area contributed by atoms with Crippen LogP contribution >= 0.6 is 0 Å². The topological polar surface area (TPSA) is 29.5 Å². The van der Waals surface area contributed by atoms with Gasteiger partial charge in [-0.1, -0.05) is 6.08 Å². The Labute approximate surface area is 90.2 Å². The van der Waals surface area contributed by atoms with Gasteiger partial charge in [0.1, 0.15) is 11.5 Å². The Balaban J connectivity index is 2.75. The van der Waals surface area contributed by atoms with E-state index in [0.29, 0.717) is 12.4 Å². The molecule has 2 nitrogen and oxygen atoms in total. The number of ether oxygens (including phenoxy) is 1. The molecule has 1 unspecified atom stereocenters. The van der Waals surface area contributed by atoms with E-state index in [1.807, 2.05) is 26.8 Å². The van der Waals surface area contributed by atoms with Crippen LogP contribution in [0.3, 0.4) is 0 Å². The van der Waals surface area contributed by atoms with E-state index in [0.717, 1.165) is 28.0 Å². The van der Waals surface area contributed by atoms with E-state index in [1.165, 1.54) is 0 Å². The maximum atomic E-state index is 9.97. The van der Waals surface area contributed by atoms with Gasteiger partial charge in [0.2, 0.25) is 0 Å². The van der Waals surface area contributed by atoms with Gasteiger partial charge in [0, 0.05) is 11.5 Å². The maximum Gasteiger partial charge on any atom is 0.126 e. The highest BCUT2D eigenvalue weighted by Crippen LogP contribution is 2.45. The molecule has 1 atom stereocenters. The summed E-state index contributed by atoms with van der Waals surface area (Å²) in [5, 5.41) is 9.97. The SMILES string of the molecule is C=CC1COc2c(C)c(C)c(O)c(C)c21. The van der Waals surface area contributed by atoms with Gasteiger partial charge in [-0.3, -0.25) is 0 Å². The molecule has 0 saturated heterocycles. The average molecular weight is 204 g/mol. The van der Waals surface area contributed by atoms with Crippen LogP contribution in [0.25, 0.3) is 0 Å². The predicted molar refractivity (Wildman–Crippen MR) is 60.8 cm³/mol. The summed E-state index contributed by atoms with van der Waals surface area (Å²) in [6.45, 7) is 10.3. The summed E-state index contributed by atoms with van der Waals surface area (Å²) in [6, 6.07) is 0. The molecule has 2 heteroatoms. The van der Waals surface area contributed by atoms with Crippen LogP contribution in [-0.2, 0) is 0 Å². The summed E-state index contributed by atoms with van der Waals surface area (Å²) in [5.74, 6) is 1.54. The second-order valence-corrected chi connectivity index (χ2v) is 4.12. The first-order valence-corrected chi connectivity index (χ1v) is 5.15. The molecule has 1 aliphatic rings. The highest BCUT2D eigenvalue weighted by molar-refractivity contribution is 5.60. The monoisotopic (exact) mass is 204 g/mol. The predicted octanol–water partition coefficient (Wildman–Crippen LogP) is 2.98. The number of rotatable bonds is 1. The van der Waals surface area contributed by atoms with Gasteiger partial charge in [0.25, 0.3) is 0 Å². The van der Waals surface area contributed by atoms with Gasteiger partial charge in [0.15, 0.2) is 0 Å². The molecule has 0 fully saturated rings. The molecule has 80 valence electrons. The van der Waals surface area contributed by atoms with Gasteiger partial charge in [-0.25, -0.2) is 0 Å². The Kier molecular flexibility index (Phi) is 2.22. The van der Waals surface area contributed by atoms with Gasteiger partial charge in [0.05, 0.1) is 6.61 Å². The first-order valence-electron chi connectivity index (χ1n) is 5.15. The molecule has 2 rings (SSSR count). The maximum absolute atomic E-state index is 9.97. The molecule has 0 aromatic heterocycles. The Morgan fingerprint density at radius 3 is 2.53 bits per heavy atom. The first kappa shape index (κ1) is 10.1. The van der Waals surface area contributed by atoms with E-state index in [9.17, 15) is 5.11 Å². The van der Waals surface area contributed by atoms with Gasteiger partial charge in [-0.2, -0.15) is 0 Å². The minimum Gasteiger partial charge on any atom is -0.507 e. The fraction of sp³-hybridized carbons (Fsp3) is 0.385. The third kappa shape index (κ3) is 1.24. The normalized spacial score (nSPS) is 18.5. The van der Waals surface area contributed by atoms with E-state index < -0.39 is 0 Å². The highest BCUT2D eigenvalue weighted by Gasteiger charge is 2.28. The Morgan fingerprint density at radius 2 is 1.93 bits per heavy atom. The summed E-state index contributed by atoms with van der Waals surface area (Å²) in [6.07, 6.45) is 1.88. The minimum absolute atomic E-state index is 0.213. The molecule has 0 radical (unpaired) electrons. The molecule has 1 heterocycles. The summed E-state index contributed by atoms with van der Waals surface area (Å²) in [4.78, 5) is 0. The molecular formula is C13H16O2. The van der Waals surface area contributed by atoms with Crippen LogP contribution in [-0.4, -0.2) is 11.7 Å². The zero-order valence-corrected chi connectivity index (χ0v) is 9.42. The zero-order chi connectivity index (χ0) is 11.2. The molecule has 1 aromatic carbocycles. The fourth-order valence-electron chi connectivity index (χ4n) is 2.20. The van der Waals surface area contributed by atoms with Crippen molar-refractivity contribution in [3.05, 3.63) is 34.9 Å². The number of benzene rings is 1. The van der Waals surface area contributed by atoms with Crippen LogP contribution in [0.4, 0.5) is 0 Å². The number of aromatic hydroxyl groups is 1. The Bertz CT molecular complexity index is 433. The van der Waals surface area contributed by atoms with Crippen molar-refractivity contribution in [3.63, 3.8) is 0 Å². The van der Waals surface area contributed by atoms with Crippen molar-refractivity contribution in [1.82, 2.24) is 0 Å². The van der Waals surface area contributed by atoms with Crippen molar-refractivity contribution in [2.24, 2.45) is 0 Å². The molecule has 0 amide bonds. The average Bonchev–Trinajstić information content (AvgIpc) is 2.67. The highest BCUT2D eigenvalue weighted by atomic mass is 16.5. The molecule has 0 bridgehead atoms. The molecule has 0 aliphatic carbocycles. The van der Waals surface area contributed by atoms with E-state index in [1.54, 1.807) is 0 Å². The Morgan fingerprint density at radius 1 is 1.27 bits per heavy atom. The molecule has 0 saturated carbocycles. The van der Waals surface area contributed by atoms with Crippen molar-refractivity contribution in [2.45, 2.75) is 26.7 Å². The second-order valence-electron chi connectivity index (χ2n) is 4.12. The smallest absolute Gasteiger partial charge is 0.126 e. The van der Waals surface area contributed by atoms with Crippen molar-refractivity contribution < 1.29 is 9.84 Å². The van der Waals surface area contributed by atoms with Crippen LogP contribution < -0.4 is 4.74 Å². The quantitative estimate of drug-likeness (QED) is 0.712. The third-order valence-electron chi connectivity index (χ3n) is 3.32. The van der Waals surface area contributed by atoms with Gasteiger partial charge >= 0.3 is 0 Å². The number of hydrogen-bond acceptors (Lipinski definition) is 2. The molecule has 15 heavy (non-hydrogen) atoms. The van der Waals surface area contributed by atoms with Crippen molar-refractivity contribution in [3.8, 4) is 11.5 Å². The fourth-order valence-corrected chi connectivity index (χ4v) is 2.20. The largest absolute Gasteiger partial charge is 0.507 e. The molecule has 0 spiro atoms. The van der Waals surface area contributed by atoms with Crippen molar-refractivity contribution in [2.75, 3.05) is 6.61 Å². The Hall–Kier alpha value is -1.44.